The minimum Gasteiger partial charge on any atom is -0.287 e. The molecule has 5 nitrogen and oxygen atoms in total. The maximum Gasteiger partial charge on any atom is 0.272 e. The molecule has 6 heteroatoms. The Hall–Kier alpha value is -2.86. The number of hydrogen-bond donors (Lipinski definition) is 0. The highest BCUT2D eigenvalue weighted by atomic mass is 32.1. The maximum atomic E-state index is 12.4. The minimum absolute atomic E-state index is 0.0975. The first-order chi connectivity index (χ1) is 12.0. The highest BCUT2D eigenvalue weighted by Gasteiger charge is 2.16. The molecule has 0 radical (unpaired) electrons. The number of nitro groups is 1. The average Bonchev–Trinajstić information content (AvgIpc) is 3.06. The molecular weight excluding hydrogens is 336 g/mol. The second-order valence-corrected chi connectivity index (χ2v) is 6.76. The number of rotatable bonds is 5. The Bertz CT molecular complexity index is 949. The van der Waals surface area contributed by atoms with E-state index in [1.54, 1.807) is 30.5 Å². The van der Waals surface area contributed by atoms with Crippen LogP contribution in [-0.2, 0) is 6.42 Å². The van der Waals surface area contributed by atoms with Crippen molar-refractivity contribution in [1.82, 2.24) is 4.98 Å². The van der Waals surface area contributed by atoms with Gasteiger partial charge >= 0.3 is 0 Å². The Morgan fingerprint density at radius 2 is 1.88 bits per heavy atom. The van der Waals surface area contributed by atoms with E-state index in [1.165, 1.54) is 11.3 Å². The molecule has 0 aliphatic carbocycles. The Labute approximate surface area is 149 Å². The van der Waals surface area contributed by atoms with Crippen molar-refractivity contribution in [2.75, 3.05) is 0 Å². The number of ketones is 1. The van der Waals surface area contributed by atoms with Crippen LogP contribution in [-0.4, -0.2) is 15.7 Å². The van der Waals surface area contributed by atoms with E-state index in [-0.39, 0.29) is 16.4 Å². The molecule has 0 saturated carbocycles. The second kappa shape index (κ2) is 6.94. The van der Waals surface area contributed by atoms with E-state index in [2.05, 4.69) is 4.98 Å². The van der Waals surface area contributed by atoms with E-state index in [4.69, 9.17) is 0 Å². The van der Waals surface area contributed by atoms with Crippen LogP contribution < -0.4 is 0 Å². The molecule has 0 fully saturated rings. The van der Waals surface area contributed by atoms with Crippen LogP contribution in [0, 0.1) is 24.0 Å². The molecule has 0 amide bonds. The highest BCUT2D eigenvalue weighted by molar-refractivity contribution is 7.09. The standard InChI is InChI=1S/C19H16N2O3S/c1-12-9-17(21(23)24)13(2)8-15(12)10-18-20-16(11-25-18)19(22)14-6-4-3-5-7-14/h3-9,11H,10H2,1-2H3. The zero-order valence-electron chi connectivity index (χ0n) is 13.9. The van der Waals surface area contributed by atoms with Gasteiger partial charge in [0.05, 0.1) is 9.93 Å². The van der Waals surface area contributed by atoms with E-state index < -0.39 is 0 Å². The predicted molar refractivity (Wildman–Crippen MR) is 97.4 cm³/mol. The first-order valence-electron chi connectivity index (χ1n) is 7.74. The number of aryl methyl sites for hydroxylation is 2. The molecule has 1 heterocycles. The van der Waals surface area contributed by atoms with E-state index in [0.29, 0.717) is 23.2 Å². The molecule has 0 unspecified atom stereocenters. The van der Waals surface area contributed by atoms with Gasteiger partial charge in [-0.05, 0) is 31.0 Å². The van der Waals surface area contributed by atoms with Crippen molar-refractivity contribution in [3.05, 3.63) is 90.9 Å². The van der Waals surface area contributed by atoms with Crippen LogP contribution in [0.2, 0.25) is 0 Å². The number of thiazole rings is 1. The van der Waals surface area contributed by atoms with Gasteiger partial charge in [-0.3, -0.25) is 14.9 Å². The van der Waals surface area contributed by atoms with Crippen molar-refractivity contribution in [2.24, 2.45) is 0 Å². The van der Waals surface area contributed by atoms with Gasteiger partial charge in [-0.1, -0.05) is 30.3 Å². The first-order valence-corrected chi connectivity index (χ1v) is 8.62. The largest absolute Gasteiger partial charge is 0.287 e. The van der Waals surface area contributed by atoms with Crippen LogP contribution in [0.5, 0.6) is 0 Å². The zero-order valence-corrected chi connectivity index (χ0v) is 14.7. The molecule has 0 spiro atoms. The summed E-state index contributed by atoms with van der Waals surface area (Å²) in [5, 5.41) is 13.6. The second-order valence-electron chi connectivity index (χ2n) is 5.82. The number of nitrogens with zero attached hydrogens (tertiary/aromatic N) is 2. The number of hydrogen-bond acceptors (Lipinski definition) is 5. The maximum absolute atomic E-state index is 12.4. The monoisotopic (exact) mass is 352 g/mol. The summed E-state index contributed by atoms with van der Waals surface area (Å²) in [6.07, 6.45) is 0.553. The van der Waals surface area contributed by atoms with Crippen LogP contribution in [0.15, 0.2) is 47.8 Å². The summed E-state index contributed by atoms with van der Waals surface area (Å²) in [5.74, 6) is -0.0975. The molecule has 1 aromatic heterocycles. The number of aromatic nitrogens is 1. The summed E-state index contributed by atoms with van der Waals surface area (Å²) in [6, 6.07) is 12.5. The molecule has 25 heavy (non-hydrogen) atoms. The lowest BCUT2D eigenvalue weighted by atomic mass is 10.0. The normalized spacial score (nSPS) is 10.6. The van der Waals surface area contributed by atoms with Crippen molar-refractivity contribution in [3.63, 3.8) is 0 Å². The number of benzene rings is 2. The summed E-state index contributed by atoms with van der Waals surface area (Å²) in [7, 11) is 0. The third-order valence-corrected chi connectivity index (χ3v) is 4.86. The number of nitro benzene ring substituents is 1. The van der Waals surface area contributed by atoms with Crippen molar-refractivity contribution in [1.29, 1.82) is 0 Å². The third-order valence-electron chi connectivity index (χ3n) is 4.01. The SMILES string of the molecule is Cc1cc([N+](=O)[O-])c(C)cc1Cc1nc(C(=O)c2ccccc2)cs1. The van der Waals surface area contributed by atoms with Crippen molar-refractivity contribution >= 4 is 22.8 Å². The molecule has 126 valence electrons. The Morgan fingerprint density at radius 1 is 1.16 bits per heavy atom. The number of carbonyl (C=O) groups is 1. The summed E-state index contributed by atoms with van der Waals surface area (Å²) in [5.41, 5.74) is 3.63. The summed E-state index contributed by atoms with van der Waals surface area (Å²) in [4.78, 5) is 27.5. The van der Waals surface area contributed by atoms with Gasteiger partial charge in [0.25, 0.3) is 5.69 Å². The molecule has 0 aliphatic rings. The minimum atomic E-state index is -0.369. The molecule has 0 N–H and O–H groups in total. The van der Waals surface area contributed by atoms with Gasteiger partial charge in [-0.25, -0.2) is 4.98 Å². The van der Waals surface area contributed by atoms with Crippen LogP contribution in [0.1, 0.15) is 37.7 Å². The van der Waals surface area contributed by atoms with Crippen molar-refractivity contribution < 1.29 is 9.72 Å². The lowest BCUT2D eigenvalue weighted by Crippen LogP contribution is -2.02. The van der Waals surface area contributed by atoms with Crippen molar-refractivity contribution in [3.8, 4) is 0 Å². The fourth-order valence-corrected chi connectivity index (χ4v) is 3.44. The van der Waals surface area contributed by atoms with E-state index >= 15 is 0 Å². The molecule has 2 aromatic carbocycles. The van der Waals surface area contributed by atoms with Crippen LogP contribution >= 0.6 is 11.3 Å². The molecular formula is C19H16N2O3S. The lowest BCUT2D eigenvalue weighted by Gasteiger charge is -2.06. The topological polar surface area (TPSA) is 73.1 Å². The average molecular weight is 352 g/mol. The van der Waals surface area contributed by atoms with Gasteiger partial charge in [-0.2, -0.15) is 0 Å². The first kappa shape index (κ1) is 17.0. The summed E-state index contributed by atoms with van der Waals surface area (Å²) >= 11 is 1.43. The molecule has 0 atom stereocenters. The van der Waals surface area contributed by atoms with Crippen LogP contribution in [0.25, 0.3) is 0 Å². The number of carbonyl (C=O) groups excluding carboxylic acids is 1. The Morgan fingerprint density at radius 3 is 2.56 bits per heavy atom. The van der Waals surface area contributed by atoms with Gasteiger partial charge in [-0.15, -0.1) is 11.3 Å². The predicted octanol–water partition coefficient (Wildman–Crippen LogP) is 4.49. The summed E-state index contributed by atoms with van der Waals surface area (Å²) < 4.78 is 0. The fraction of sp³-hybridized carbons (Fsp3) is 0.158. The smallest absolute Gasteiger partial charge is 0.272 e. The zero-order chi connectivity index (χ0) is 18.0. The Balaban J connectivity index is 1.84. The molecule has 3 aromatic rings. The highest BCUT2D eigenvalue weighted by Crippen LogP contribution is 2.25. The van der Waals surface area contributed by atoms with Crippen LogP contribution in [0.4, 0.5) is 5.69 Å². The van der Waals surface area contributed by atoms with Gasteiger partial charge in [0, 0.05) is 29.0 Å². The fourth-order valence-electron chi connectivity index (χ4n) is 2.64. The molecule has 0 aliphatic heterocycles. The quantitative estimate of drug-likeness (QED) is 0.385. The lowest BCUT2D eigenvalue weighted by molar-refractivity contribution is -0.385. The molecule has 0 saturated heterocycles. The molecule has 0 bridgehead atoms. The van der Waals surface area contributed by atoms with Gasteiger partial charge in [0.2, 0.25) is 5.78 Å². The molecule has 3 rings (SSSR count). The van der Waals surface area contributed by atoms with Crippen LogP contribution in [0.3, 0.4) is 0 Å². The van der Waals surface area contributed by atoms with Gasteiger partial charge in [0.1, 0.15) is 5.69 Å². The van der Waals surface area contributed by atoms with E-state index in [0.717, 1.165) is 16.1 Å². The van der Waals surface area contributed by atoms with E-state index in [9.17, 15) is 14.9 Å². The van der Waals surface area contributed by atoms with Gasteiger partial charge in [0.15, 0.2) is 0 Å². The Kier molecular flexibility index (Phi) is 4.72. The van der Waals surface area contributed by atoms with Gasteiger partial charge < -0.3 is 0 Å². The van der Waals surface area contributed by atoms with Crippen molar-refractivity contribution in [2.45, 2.75) is 20.3 Å². The third kappa shape index (κ3) is 3.64. The summed E-state index contributed by atoms with van der Waals surface area (Å²) in [6.45, 7) is 3.58. The van der Waals surface area contributed by atoms with E-state index in [1.807, 2.05) is 31.2 Å².